The first kappa shape index (κ1) is 21.7. The van der Waals surface area contributed by atoms with Gasteiger partial charge in [0.25, 0.3) is 5.56 Å². The Morgan fingerprint density at radius 2 is 1.83 bits per heavy atom. The average molecular weight is 428 g/mol. The topological polar surface area (TPSA) is 90.3 Å². The van der Waals surface area contributed by atoms with E-state index in [0.717, 1.165) is 33.4 Å². The van der Waals surface area contributed by atoms with Crippen LogP contribution in [0.2, 0.25) is 0 Å². The van der Waals surface area contributed by atoms with Gasteiger partial charge >= 0.3 is 5.97 Å². The molecule has 0 saturated carbocycles. The zero-order valence-electron chi connectivity index (χ0n) is 17.9. The highest BCUT2D eigenvalue weighted by atomic mass is 32.1. The van der Waals surface area contributed by atoms with Gasteiger partial charge in [0.05, 0.1) is 17.3 Å². The second kappa shape index (κ2) is 8.39. The van der Waals surface area contributed by atoms with Gasteiger partial charge in [-0.25, -0.2) is 9.78 Å². The lowest BCUT2D eigenvalue weighted by atomic mass is 10.1. The van der Waals surface area contributed by atoms with E-state index < -0.39 is 12.0 Å². The first-order valence-electron chi connectivity index (χ1n) is 9.71. The summed E-state index contributed by atoms with van der Waals surface area (Å²) in [6, 6.07) is 6.56. The Kier molecular flexibility index (Phi) is 6.07. The Morgan fingerprint density at radius 1 is 1.13 bits per heavy atom. The van der Waals surface area contributed by atoms with Crippen molar-refractivity contribution in [2.75, 3.05) is 5.32 Å². The number of rotatable bonds is 5. The van der Waals surface area contributed by atoms with Crippen LogP contribution in [0.3, 0.4) is 0 Å². The van der Waals surface area contributed by atoms with Gasteiger partial charge in [0.15, 0.2) is 5.13 Å². The number of nitrogens with zero attached hydrogens (tertiary/aromatic N) is 2. The highest BCUT2D eigenvalue weighted by Gasteiger charge is 2.23. The first-order valence-corrected chi connectivity index (χ1v) is 10.5. The number of fused-ring (bicyclic) bond motifs is 1. The molecule has 1 atom stereocenters. The van der Waals surface area contributed by atoms with E-state index in [-0.39, 0.29) is 17.6 Å². The van der Waals surface area contributed by atoms with Gasteiger partial charge in [-0.1, -0.05) is 29.5 Å². The first-order chi connectivity index (χ1) is 14.1. The Labute approximate surface area is 178 Å². The lowest BCUT2D eigenvalue weighted by Gasteiger charge is -2.19. The van der Waals surface area contributed by atoms with Crippen LogP contribution in [0.15, 0.2) is 29.1 Å². The van der Waals surface area contributed by atoms with E-state index in [0.29, 0.717) is 15.7 Å². The summed E-state index contributed by atoms with van der Waals surface area (Å²) in [6.07, 6.45) is -0.248. The molecule has 1 amide bonds. The van der Waals surface area contributed by atoms with Crippen LogP contribution < -0.4 is 10.9 Å². The van der Waals surface area contributed by atoms with E-state index in [9.17, 15) is 14.4 Å². The number of pyridine rings is 1. The van der Waals surface area contributed by atoms with E-state index in [4.69, 9.17) is 4.74 Å². The molecule has 0 saturated heterocycles. The minimum atomic E-state index is -0.767. The molecule has 2 heterocycles. The molecule has 8 heteroatoms. The summed E-state index contributed by atoms with van der Waals surface area (Å²) in [7, 11) is 0. The van der Waals surface area contributed by atoms with Crippen LogP contribution >= 0.6 is 11.3 Å². The Bertz CT molecular complexity index is 1190. The Morgan fingerprint density at radius 3 is 2.50 bits per heavy atom. The molecule has 7 nitrogen and oxygen atoms in total. The maximum Gasteiger partial charge on any atom is 0.350 e. The number of benzene rings is 1. The van der Waals surface area contributed by atoms with Crippen molar-refractivity contribution in [2.24, 2.45) is 0 Å². The molecule has 0 aliphatic carbocycles. The zero-order valence-corrected chi connectivity index (χ0v) is 18.7. The summed E-state index contributed by atoms with van der Waals surface area (Å²) in [4.78, 5) is 42.5. The predicted molar refractivity (Wildman–Crippen MR) is 118 cm³/mol. The Balaban J connectivity index is 1.93. The van der Waals surface area contributed by atoms with Gasteiger partial charge < -0.3 is 10.1 Å². The number of esters is 1. The number of hydrogen-bond donors (Lipinski definition) is 1. The van der Waals surface area contributed by atoms with Gasteiger partial charge in [0, 0.05) is 11.5 Å². The molecule has 0 spiro atoms. The Hall–Kier alpha value is -3.00. The van der Waals surface area contributed by atoms with Crippen LogP contribution in [-0.4, -0.2) is 27.5 Å². The smallest absolute Gasteiger partial charge is 0.350 e. The minimum absolute atomic E-state index is 0.242. The van der Waals surface area contributed by atoms with Gasteiger partial charge in [-0.15, -0.1) is 0 Å². The minimum Gasteiger partial charge on any atom is -0.459 e. The highest BCUT2D eigenvalue weighted by Crippen LogP contribution is 2.26. The van der Waals surface area contributed by atoms with Gasteiger partial charge in [-0.2, -0.15) is 0 Å². The van der Waals surface area contributed by atoms with Crippen molar-refractivity contribution in [3.8, 4) is 0 Å². The van der Waals surface area contributed by atoms with Crippen molar-refractivity contribution >= 4 is 39.2 Å². The maximum absolute atomic E-state index is 13.0. The number of hydrogen-bond acceptors (Lipinski definition) is 6. The predicted octanol–water partition coefficient (Wildman–Crippen LogP) is 4.15. The third-order valence-corrected chi connectivity index (χ3v) is 5.86. The highest BCUT2D eigenvalue weighted by molar-refractivity contribution is 7.17. The fourth-order valence-electron chi connectivity index (χ4n) is 3.36. The van der Waals surface area contributed by atoms with Gasteiger partial charge in [0.2, 0.25) is 5.91 Å². The molecule has 3 rings (SSSR count). The van der Waals surface area contributed by atoms with Gasteiger partial charge in [-0.05, 0) is 52.7 Å². The van der Waals surface area contributed by atoms with E-state index in [1.165, 1.54) is 4.57 Å². The lowest BCUT2D eigenvalue weighted by Crippen LogP contribution is -2.32. The average Bonchev–Trinajstić information content (AvgIpc) is 3.02. The second-order valence-electron chi connectivity index (χ2n) is 7.56. The molecule has 2 aromatic heterocycles. The molecular formula is C22H25N3O4S. The standard InChI is InChI=1S/C22H25N3O4S/c1-11(2)29-21(28)19-14(5)23-22(30-19)24-20(27)15(6)25-17(26)10-13(4)16-9-7-8-12(3)18(16)25/h7-11,15H,1-6H3,(H,23,24,27). The summed E-state index contributed by atoms with van der Waals surface area (Å²) < 4.78 is 6.72. The normalized spacial score (nSPS) is 12.2. The third-order valence-electron chi connectivity index (χ3n) is 4.80. The molecule has 0 radical (unpaired) electrons. The van der Waals surface area contributed by atoms with Gasteiger partial charge in [0.1, 0.15) is 10.9 Å². The number of amides is 1. The zero-order chi connectivity index (χ0) is 22.2. The number of carbonyl (C=O) groups is 2. The fraction of sp³-hybridized carbons (Fsp3) is 0.364. The van der Waals surface area contributed by atoms with Crippen LogP contribution in [0, 0.1) is 20.8 Å². The van der Waals surface area contributed by atoms with E-state index in [1.807, 2.05) is 32.0 Å². The van der Waals surface area contributed by atoms with Crippen LogP contribution in [0.25, 0.3) is 10.9 Å². The summed E-state index contributed by atoms with van der Waals surface area (Å²) in [5.41, 5.74) is 2.76. The van der Waals surface area contributed by atoms with Crippen LogP contribution in [0.4, 0.5) is 5.13 Å². The molecule has 0 aliphatic rings. The molecule has 0 bridgehead atoms. The number of anilines is 1. The molecule has 30 heavy (non-hydrogen) atoms. The summed E-state index contributed by atoms with van der Waals surface area (Å²) in [5.74, 6) is -0.854. The molecule has 0 aliphatic heterocycles. The number of thiazole rings is 1. The second-order valence-corrected chi connectivity index (χ2v) is 8.56. The summed E-state index contributed by atoms with van der Waals surface area (Å²) in [5, 5.41) is 3.96. The lowest BCUT2D eigenvalue weighted by molar-refractivity contribution is -0.118. The molecule has 1 aromatic carbocycles. The molecular weight excluding hydrogens is 402 g/mol. The molecule has 1 N–H and O–H groups in total. The van der Waals surface area contributed by atoms with Crippen molar-refractivity contribution < 1.29 is 14.3 Å². The molecule has 0 fully saturated rings. The quantitative estimate of drug-likeness (QED) is 0.618. The van der Waals surface area contributed by atoms with Crippen molar-refractivity contribution in [1.29, 1.82) is 0 Å². The number of ether oxygens (including phenoxy) is 1. The number of carbonyl (C=O) groups excluding carboxylic acids is 2. The van der Waals surface area contributed by atoms with Crippen molar-refractivity contribution in [3.05, 3.63) is 56.3 Å². The molecule has 1 unspecified atom stereocenters. The summed E-state index contributed by atoms with van der Waals surface area (Å²) in [6.45, 7) is 10.7. The van der Waals surface area contributed by atoms with E-state index >= 15 is 0 Å². The van der Waals surface area contributed by atoms with Crippen molar-refractivity contribution in [1.82, 2.24) is 9.55 Å². The molecule has 3 aromatic rings. The number of nitrogens with one attached hydrogen (secondary N) is 1. The van der Waals surface area contributed by atoms with Crippen LogP contribution in [-0.2, 0) is 9.53 Å². The maximum atomic E-state index is 13.0. The monoisotopic (exact) mass is 427 g/mol. The van der Waals surface area contributed by atoms with Crippen molar-refractivity contribution in [2.45, 2.75) is 53.7 Å². The van der Waals surface area contributed by atoms with Crippen LogP contribution in [0.5, 0.6) is 0 Å². The van der Waals surface area contributed by atoms with Crippen molar-refractivity contribution in [3.63, 3.8) is 0 Å². The SMILES string of the molecule is Cc1nc(NC(=O)C(C)n2c(=O)cc(C)c3cccc(C)c32)sc1C(=O)OC(C)C. The number of aromatic nitrogens is 2. The summed E-state index contributed by atoms with van der Waals surface area (Å²) >= 11 is 1.06. The van der Waals surface area contributed by atoms with E-state index in [2.05, 4.69) is 10.3 Å². The fourth-order valence-corrected chi connectivity index (χ4v) is 4.21. The largest absolute Gasteiger partial charge is 0.459 e. The van der Waals surface area contributed by atoms with E-state index in [1.54, 1.807) is 33.8 Å². The van der Waals surface area contributed by atoms with Crippen LogP contribution in [0.1, 0.15) is 53.3 Å². The third kappa shape index (κ3) is 4.14. The number of para-hydroxylation sites is 1. The number of aryl methyl sites for hydroxylation is 3. The molecule has 158 valence electrons. The van der Waals surface area contributed by atoms with Gasteiger partial charge in [-0.3, -0.25) is 14.2 Å².